The number of H-pyrrole nitrogens is 1. The molecule has 0 aliphatic heterocycles. The molecule has 0 fully saturated rings. The van der Waals surface area contributed by atoms with Gasteiger partial charge in [-0.25, -0.2) is 14.4 Å². The zero-order valence-corrected chi connectivity index (χ0v) is 20.3. The van der Waals surface area contributed by atoms with E-state index in [0.29, 0.717) is 45.4 Å². The Morgan fingerprint density at radius 3 is 2.46 bits per heavy atom. The number of nitrogens with one attached hydrogen (secondary N) is 1. The highest BCUT2D eigenvalue weighted by Gasteiger charge is 2.34. The Kier molecular flexibility index (Phi) is 6.51. The molecule has 1 N–H and O–H groups in total. The second-order valence-corrected chi connectivity index (χ2v) is 9.49. The van der Waals surface area contributed by atoms with E-state index in [1.165, 1.54) is 28.0 Å². The molecule has 0 radical (unpaired) electrons. The second-order valence-electron chi connectivity index (χ2n) is 8.41. The standard InChI is InChI=1S/C27H20F4N4OS/c1-16-23(22-11-10-21(37-22)20-15-32-26(34-20)27(29,30)31)25(36)35(13-12-17-6-3-2-4-7-17)24(33-16)18-8-5-9-19(28)14-18/h2-11,14-15H,12-13H2,1H3,(H,32,34). The Hall–Kier alpha value is -4.05. The Balaban J connectivity index is 1.59. The average Bonchev–Trinajstić information content (AvgIpc) is 3.54. The molecule has 0 bridgehead atoms. The minimum absolute atomic E-state index is 0.204. The lowest BCUT2D eigenvalue weighted by Crippen LogP contribution is -2.26. The molecule has 3 aromatic heterocycles. The van der Waals surface area contributed by atoms with Crippen molar-refractivity contribution in [1.82, 2.24) is 19.5 Å². The summed E-state index contributed by atoms with van der Waals surface area (Å²) >= 11 is 1.17. The van der Waals surface area contributed by atoms with Crippen molar-refractivity contribution < 1.29 is 17.6 Å². The van der Waals surface area contributed by atoms with Gasteiger partial charge in [0.2, 0.25) is 5.82 Å². The minimum Gasteiger partial charge on any atom is -0.334 e. The predicted molar refractivity (Wildman–Crippen MR) is 135 cm³/mol. The first-order valence-electron chi connectivity index (χ1n) is 11.3. The van der Waals surface area contributed by atoms with Gasteiger partial charge in [-0.3, -0.25) is 9.36 Å². The summed E-state index contributed by atoms with van der Waals surface area (Å²) in [6.07, 6.45) is -2.91. The van der Waals surface area contributed by atoms with Crippen LogP contribution in [-0.2, 0) is 19.1 Å². The Morgan fingerprint density at radius 1 is 1.00 bits per heavy atom. The maximum absolute atomic E-state index is 14.0. The highest BCUT2D eigenvalue weighted by molar-refractivity contribution is 7.18. The molecule has 5 nitrogen and oxygen atoms in total. The number of aromatic nitrogens is 4. The van der Waals surface area contributed by atoms with E-state index in [9.17, 15) is 22.4 Å². The van der Waals surface area contributed by atoms with Crippen LogP contribution in [-0.4, -0.2) is 19.5 Å². The molecule has 0 spiro atoms. The fourth-order valence-electron chi connectivity index (χ4n) is 4.09. The average molecular weight is 525 g/mol. The van der Waals surface area contributed by atoms with Crippen LogP contribution in [0.25, 0.3) is 32.4 Å². The van der Waals surface area contributed by atoms with Gasteiger partial charge < -0.3 is 4.98 Å². The molecule has 0 saturated carbocycles. The van der Waals surface area contributed by atoms with Gasteiger partial charge >= 0.3 is 6.18 Å². The van der Waals surface area contributed by atoms with Crippen LogP contribution in [0.5, 0.6) is 0 Å². The zero-order valence-electron chi connectivity index (χ0n) is 19.5. The van der Waals surface area contributed by atoms with Crippen molar-refractivity contribution >= 4 is 11.3 Å². The number of benzene rings is 2. The predicted octanol–water partition coefficient (Wildman–Crippen LogP) is 6.74. The highest BCUT2D eigenvalue weighted by Crippen LogP contribution is 2.36. The van der Waals surface area contributed by atoms with Crippen LogP contribution < -0.4 is 5.56 Å². The lowest BCUT2D eigenvalue weighted by molar-refractivity contribution is -0.144. The summed E-state index contributed by atoms with van der Waals surface area (Å²) in [5, 5.41) is 0. The second kappa shape index (κ2) is 9.78. The number of rotatable bonds is 6. The monoisotopic (exact) mass is 524 g/mol. The summed E-state index contributed by atoms with van der Waals surface area (Å²) in [6, 6.07) is 18.9. The molecule has 188 valence electrons. The smallest absolute Gasteiger partial charge is 0.334 e. The van der Waals surface area contributed by atoms with Crippen LogP contribution in [0.1, 0.15) is 17.1 Å². The molecule has 0 amide bonds. The molecule has 2 aromatic carbocycles. The summed E-state index contributed by atoms with van der Waals surface area (Å²) in [6.45, 7) is 2.00. The molecule has 10 heteroatoms. The summed E-state index contributed by atoms with van der Waals surface area (Å²) < 4.78 is 54.5. The molecule has 5 aromatic rings. The number of aryl methyl sites for hydroxylation is 2. The topological polar surface area (TPSA) is 63.6 Å². The quantitative estimate of drug-likeness (QED) is 0.250. The fourth-order valence-corrected chi connectivity index (χ4v) is 5.15. The third-order valence-corrected chi connectivity index (χ3v) is 7.00. The van der Waals surface area contributed by atoms with Gasteiger partial charge in [-0.2, -0.15) is 13.2 Å². The van der Waals surface area contributed by atoms with Crippen molar-refractivity contribution in [3.05, 3.63) is 106 Å². The first-order chi connectivity index (χ1) is 17.7. The molecular weight excluding hydrogens is 504 g/mol. The SMILES string of the molecule is Cc1nc(-c2cccc(F)c2)n(CCc2ccccc2)c(=O)c1-c1ccc(-c2cnc(C(F)(F)F)[nH]2)s1. The molecule has 0 atom stereocenters. The molecular formula is C27H20F4N4OS. The van der Waals surface area contributed by atoms with E-state index in [1.807, 2.05) is 30.3 Å². The van der Waals surface area contributed by atoms with Crippen LogP contribution in [0.4, 0.5) is 17.6 Å². The lowest BCUT2D eigenvalue weighted by atomic mass is 10.1. The zero-order chi connectivity index (χ0) is 26.2. The van der Waals surface area contributed by atoms with Crippen molar-refractivity contribution in [3.8, 4) is 32.4 Å². The largest absolute Gasteiger partial charge is 0.449 e. The highest BCUT2D eigenvalue weighted by atomic mass is 32.1. The number of alkyl halides is 3. The first-order valence-corrected chi connectivity index (χ1v) is 12.2. The third-order valence-electron chi connectivity index (χ3n) is 5.86. The summed E-state index contributed by atoms with van der Waals surface area (Å²) in [5.74, 6) is -1.18. The van der Waals surface area contributed by atoms with Gasteiger partial charge in [0.1, 0.15) is 11.6 Å². The Bertz CT molecular complexity index is 1620. The van der Waals surface area contributed by atoms with Crippen LogP contribution >= 0.6 is 11.3 Å². The van der Waals surface area contributed by atoms with Gasteiger partial charge in [0, 0.05) is 17.0 Å². The Morgan fingerprint density at radius 2 is 1.76 bits per heavy atom. The van der Waals surface area contributed by atoms with Crippen LogP contribution in [0.3, 0.4) is 0 Å². The van der Waals surface area contributed by atoms with E-state index in [2.05, 4.69) is 15.0 Å². The maximum Gasteiger partial charge on any atom is 0.449 e. The fraction of sp³-hybridized carbons (Fsp3) is 0.148. The number of hydrogen-bond donors (Lipinski definition) is 1. The molecule has 0 saturated heterocycles. The van der Waals surface area contributed by atoms with Gasteiger partial charge in [-0.15, -0.1) is 11.3 Å². The number of thiophene rings is 1. The third kappa shape index (κ3) is 5.10. The minimum atomic E-state index is -4.59. The van der Waals surface area contributed by atoms with Crippen molar-refractivity contribution in [2.75, 3.05) is 0 Å². The van der Waals surface area contributed by atoms with Gasteiger partial charge in [0.25, 0.3) is 5.56 Å². The van der Waals surface area contributed by atoms with E-state index in [0.717, 1.165) is 11.8 Å². The van der Waals surface area contributed by atoms with E-state index in [4.69, 9.17) is 0 Å². The van der Waals surface area contributed by atoms with Gasteiger partial charge in [0.15, 0.2) is 0 Å². The van der Waals surface area contributed by atoms with Gasteiger partial charge in [-0.1, -0.05) is 42.5 Å². The van der Waals surface area contributed by atoms with Crippen LogP contribution in [0.2, 0.25) is 0 Å². The van der Waals surface area contributed by atoms with Gasteiger partial charge in [0.05, 0.1) is 28.0 Å². The molecule has 37 heavy (non-hydrogen) atoms. The van der Waals surface area contributed by atoms with E-state index >= 15 is 0 Å². The lowest BCUT2D eigenvalue weighted by Gasteiger charge is -2.16. The summed E-state index contributed by atoms with van der Waals surface area (Å²) in [5.41, 5.74) is 2.18. The van der Waals surface area contributed by atoms with E-state index < -0.39 is 17.8 Å². The number of imidazole rings is 1. The number of aromatic amines is 1. The van der Waals surface area contributed by atoms with Gasteiger partial charge in [-0.05, 0) is 43.2 Å². The number of nitrogens with zero attached hydrogens (tertiary/aromatic N) is 3. The molecule has 0 aliphatic carbocycles. The van der Waals surface area contributed by atoms with Crippen molar-refractivity contribution in [2.24, 2.45) is 0 Å². The first kappa shape index (κ1) is 24.6. The van der Waals surface area contributed by atoms with Crippen LogP contribution in [0, 0.1) is 12.7 Å². The van der Waals surface area contributed by atoms with E-state index in [-0.39, 0.29) is 11.3 Å². The molecule has 0 aliphatic rings. The van der Waals surface area contributed by atoms with Crippen molar-refractivity contribution in [1.29, 1.82) is 0 Å². The summed E-state index contributed by atoms with van der Waals surface area (Å²) in [4.78, 5) is 25.3. The summed E-state index contributed by atoms with van der Waals surface area (Å²) in [7, 11) is 0. The maximum atomic E-state index is 14.0. The van der Waals surface area contributed by atoms with Crippen molar-refractivity contribution in [3.63, 3.8) is 0 Å². The molecule has 0 unspecified atom stereocenters. The molecule has 3 heterocycles. The normalized spacial score (nSPS) is 11.7. The van der Waals surface area contributed by atoms with E-state index in [1.54, 1.807) is 31.2 Å². The van der Waals surface area contributed by atoms with Crippen molar-refractivity contribution in [2.45, 2.75) is 26.1 Å². The molecule has 5 rings (SSSR count). The number of halogens is 4. The Labute approximate surface area is 213 Å². The van der Waals surface area contributed by atoms with Crippen LogP contribution in [0.15, 0.2) is 77.7 Å². The number of hydrogen-bond acceptors (Lipinski definition) is 4.